The Morgan fingerprint density at radius 2 is 1.90 bits per heavy atom. The molecule has 0 aliphatic heterocycles. The van der Waals surface area contributed by atoms with Crippen LogP contribution in [0, 0.1) is 0 Å². The van der Waals surface area contributed by atoms with E-state index < -0.39 is 0 Å². The lowest BCUT2D eigenvalue weighted by molar-refractivity contribution is -0.113. The zero-order valence-electron chi connectivity index (χ0n) is 14.9. The lowest BCUT2D eigenvalue weighted by atomic mass is 10.2. The van der Waals surface area contributed by atoms with Crippen LogP contribution < -0.4 is 5.32 Å². The van der Waals surface area contributed by atoms with Crippen molar-refractivity contribution >= 4 is 79.6 Å². The number of carbonyl (C=O) groups is 1. The summed E-state index contributed by atoms with van der Waals surface area (Å²) in [6, 6.07) is 11.2. The fourth-order valence-electron chi connectivity index (χ4n) is 2.76. The van der Waals surface area contributed by atoms with E-state index in [4.69, 9.17) is 34.8 Å². The Morgan fingerprint density at radius 1 is 1.14 bits per heavy atom. The van der Waals surface area contributed by atoms with Crippen molar-refractivity contribution in [2.45, 2.75) is 5.16 Å². The van der Waals surface area contributed by atoms with Crippen LogP contribution in [-0.2, 0) is 11.8 Å². The first-order valence-corrected chi connectivity index (χ1v) is 11.4. The number of amides is 1. The van der Waals surface area contributed by atoms with Crippen molar-refractivity contribution in [1.82, 2.24) is 14.8 Å². The smallest absolute Gasteiger partial charge is 0.234 e. The van der Waals surface area contributed by atoms with E-state index in [0.29, 0.717) is 25.9 Å². The largest absolute Gasteiger partial charge is 0.324 e. The quantitative estimate of drug-likeness (QED) is 0.264. The van der Waals surface area contributed by atoms with Crippen molar-refractivity contribution < 1.29 is 4.79 Å². The van der Waals surface area contributed by atoms with Gasteiger partial charge in [-0.3, -0.25) is 4.79 Å². The Bertz CT molecular complexity index is 1220. The maximum Gasteiger partial charge on any atom is 0.234 e. The Kier molecular flexibility index (Phi) is 6.03. The SMILES string of the molecule is Cn1c(SCC(=O)Nc2cc(Cl)c(Cl)cc2Cl)nnc1-c1csc2ccccc12. The number of hydrogen-bond donors (Lipinski definition) is 1. The average molecular weight is 484 g/mol. The number of aromatic nitrogens is 3. The van der Waals surface area contributed by atoms with E-state index in [9.17, 15) is 4.79 Å². The molecule has 4 rings (SSSR count). The summed E-state index contributed by atoms with van der Waals surface area (Å²) in [6.07, 6.45) is 0. The first-order chi connectivity index (χ1) is 13.9. The van der Waals surface area contributed by atoms with Crippen LogP contribution in [0.4, 0.5) is 5.69 Å². The molecule has 1 amide bonds. The molecule has 0 aliphatic carbocycles. The minimum absolute atomic E-state index is 0.146. The molecule has 0 fully saturated rings. The second kappa shape index (κ2) is 8.53. The molecule has 0 radical (unpaired) electrons. The van der Waals surface area contributed by atoms with Crippen LogP contribution in [0.25, 0.3) is 21.5 Å². The molecule has 2 heterocycles. The summed E-state index contributed by atoms with van der Waals surface area (Å²) in [5.74, 6) is 0.672. The average Bonchev–Trinajstić information content (AvgIpc) is 3.27. The van der Waals surface area contributed by atoms with Crippen LogP contribution in [0.15, 0.2) is 46.9 Å². The Morgan fingerprint density at radius 3 is 2.72 bits per heavy atom. The first kappa shape index (κ1) is 20.5. The van der Waals surface area contributed by atoms with Crippen molar-refractivity contribution in [2.75, 3.05) is 11.1 Å². The zero-order valence-corrected chi connectivity index (χ0v) is 18.8. The number of thioether (sulfide) groups is 1. The third-order valence-corrected chi connectivity index (χ3v) is 7.19. The standard InChI is InChI=1S/C19H13Cl3N4OS2/c1-26-18(11-8-28-16-5-3-2-4-10(11)16)24-25-19(26)29-9-17(27)23-15-7-13(21)12(20)6-14(15)22/h2-8H,9H2,1H3,(H,23,27). The molecule has 0 bridgehead atoms. The van der Waals surface area contributed by atoms with Crippen LogP contribution >= 0.6 is 57.9 Å². The van der Waals surface area contributed by atoms with Crippen LogP contribution in [-0.4, -0.2) is 26.4 Å². The number of thiophene rings is 1. The van der Waals surface area contributed by atoms with Gasteiger partial charge in [0.1, 0.15) is 0 Å². The van der Waals surface area contributed by atoms with Gasteiger partial charge in [0.25, 0.3) is 0 Å². The molecule has 2 aromatic heterocycles. The number of benzene rings is 2. The number of halogens is 3. The molecule has 0 saturated heterocycles. The fraction of sp³-hybridized carbons (Fsp3) is 0.105. The predicted octanol–water partition coefficient (Wildman–Crippen LogP) is 6.39. The van der Waals surface area contributed by atoms with Gasteiger partial charge in [0.15, 0.2) is 11.0 Å². The van der Waals surface area contributed by atoms with Gasteiger partial charge in [-0.15, -0.1) is 21.5 Å². The highest BCUT2D eigenvalue weighted by Gasteiger charge is 2.16. The topological polar surface area (TPSA) is 59.8 Å². The van der Waals surface area contributed by atoms with E-state index in [2.05, 4.69) is 33.0 Å². The van der Waals surface area contributed by atoms with Gasteiger partial charge in [-0.05, 0) is 18.2 Å². The summed E-state index contributed by atoms with van der Waals surface area (Å²) >= 11 is 21.0. The van der Waals surface area contributed by atoms with Crippen LogP contribution in [0.2, 0.25) is 15.1 Å². The van der Waals surface area contributed by atoms with E-state index in [0.717, 1.165) is 16.8 Å². The minimum Gasteiger partial charge on any atom is -0.324 e. The molecule has 1 N–H and O–H groups in total. The summed E-state index contributed by atoms with van der Waals surface area (Å²) in [5, 5.41) is 16.1. The lowest BCUT2D eigenvalue weighted by Crippen LogP contribution is -2.14. The van der Waals surface area contributed by atoms with Gasteiger partial charge in [0, 0.05) is 28.1 Å². The highest BCUT2D eigenvalue weighted by molar-refractivity contribution is 7.99. The van der Waals surface area contributed by atoms with Gasteiger partial charge < -0.3 is 9.88 Å². The number of nitrogens with zero attached hydrogens (tertiary/aromatic N) is 3. The van der Waals surface area contributed by atoms with Crippen LogP contribution in [0.1, 0.15) is 0 Å². The second-order valence-corrected chi connectivity index (χ2v) is 9.17. The van der Waals surface area contributed by atoms with Gasteiger partial charge in [-0.2, -0.15) is 0 Å². The fourth-order valence-corrected chi connectivity index (χ4v) is 5.01. The summed E-state index contributed by atoms with van der Waals surface area (Å²) in [6.45, 7) is 0. The third-order valence-electron chi connectivity index (χ3n) is 4.17. The van der Waals surface area contributed by atoms with Gasteiger partial charge in [-0.25, -0.2) is 0 Å². The molecule has 0 spiro atoms. The number of nitrogens with one attached hydrogen (secondary N) is 1. The third kappa shape index (κ3) is 4.25. The number of anilines is 1. The lowest BCUT2D eigenvalue weighted by Gasteiger charge is -2.08. The van der Waals surface area contributed by atoms with Crippen molar-refractivity contribution in [3.63, 3.8) is 0 Å². The molecular weight excluding hydrogens is 471 g/mol. The monoisotopic (exact) mass is 482 g/mol. The van der Waals surface area contributed by atoms with Crippen molar-refractivity contribution in [3.8, 4) is 11.4 Å². The van der Waals surface area contributed by atoms with E-state index in [1.165, 1.54) is 28.6 Å². The summed E-state index contributed by atoms with van der Waals surface area (Å²) in [5.41, 5.74) is 1.44. The first-order valence-electron chi connectivity index (χ1n) is 8.37. The highest BCUT2D eigenvalue weighted by Crippen LogP contribution is 2.34. The predicted molar refractivity (Wildman–Crippen MR) is 123 cm³/mol. The van der Waals surface area contributed by atoms with Crippen LogP contribution in [0.5, 0.6) is 0 Å². The molecule has 10 heteroatoms. The molecule has 148 valence electrons. The molecule has 0 aliphatic rings. The minimum atomic E-state index is -0.235. The molecule has 29 heavy (non-hydrogen) atoms. The van der Waals surface area contributed by atoms with E-state index >= 15 is 0 Å². The molecular formula is C19H13Cl3N4OS2. The Hall–Kier alpha value is -1.77. The Balaban J connectivity index is 1.47. The molecule has 0 atom stereocenters. The van der Waals surface area contributed by atoms with Gasteiger partial charge in [0.2, 0.25) is 5.91 Å². The Labute approximate surface area is 190 Å². The number of fused-ring (bicyclic) bond motifs is 1. The van der Waals surface area contributed by atoms with E-state index in [1.54, 1.807) is 11.3 Å². The van der Waals surface area contributed by atoms with Gasteiger partial charge in [0.05, 0.1) is 26.5 Å². The summed E-state index contributed by atoms with van der Waals surface area (Å²) in [4.78, 5) is 12.3. The zero-order chi connectivity index (χ0) is 20.5. The second-order valence-electron chi connectivity index (χ2n) is 6.09. The molecule has 0 saturated carbocycles. The van der Waals surface area contributed by atoms with E-state index in [-0.39, 0.29) is 11.7 Å². The van der Waals surface area contributed by atoms with Gasteiger partial charge >= 0.3 is 0 Å². The molecule has 5 nitrogen and oxygen atoms in total. The van der Waals surface area contributed by atoms with Crippen molar-refractivity contribution in [1.29, 1.82) is 0 Å². The maximum atomic E-state index is 12.3. The normalized spacial score (nSPS) is 11.2. The van der Waals surface area contributed by atoms with E-state index in [1.807, 2.05) is 23.7 Å². The van der Waals surface area contributed by atoms with Gasteiger partial charge in [-0.1, -0.05) is 64.8 Å². The van der Waals surface area contributed by atoms with Crippen LogP contribution in [0.3, 0.4) is 0 Å². The number of rotatable bonds is 5. The highest BCUT2D eigenvalue weighted by atomic mass is 35.5. The number of carbonyl (C=O) groups excluding carboxylic acids is 1. The molecule has 0 unspecified atom stereocenters. The molecule has 4 aromatic rings. The number of hydrogen-bond acceptors (Lipinski definition) is 5. The van der Waals surface area contributed by atoms with Crippen molar-refractivity contribution in [3.05, 3.63) is 56.8 Å². The molecule has 2 aromatic carbocycles. The maximum absolute atomic E-state index is 12.3. The summed E-state index contributed by atoms with van der Waals surface area (Å²) < 4.78 is 3.08. The van der Waals surface area contributed by atoms with Crippen molar-refractivity contribution in [2.24, 2.45) is 7.05 Å². The summed E-state index contributed by atoms with van der Waals surface area (Å²) in [7, 11) is 1.89.